The van der Waals surface area contributed by atoms with E-state index in [1.54, 1.807) is 36.3 Å². The van der Waals surface area contributed by atoms with E-state index in [9.17, 15) is 4.79 Å². The predicted molar refractivity (Wildman–Crippen MR) is 99.6 cm³/mol. The molecule has 0 fully saturated rings. The molecule has 6 heteroatoms. The van der Waals surface area contributed by atoms with Crippen molar-refractivity contribution >= 4 is 39.6 Å². The molecule has 0 saturated carbocycles. The molecule has 0 aliphatic carbocycles. The summed E-state index contributed by atoms with van der Waals surface area (Å²) in [7, 11) is 1.64. The number of fused-ring (bicyclic) bond motifs is 1. The molecule has 3 rings (SSSR count). The van der Waals surface area contributed by atoms with Crippen LogP contribution in [0.5, 0.6) is 5.75 Å². The summed E-state index contributed by atoms with van der Waals surface area (Å²) in [6.07, 6.45) is 0.854. The Morgan fingerprint density at radius 3 is 2.75 bits per heavy atom. The second-order valence-corrected chi connectivity index (χ2v) is 7.68. The van der Waals surface area contributed by atoms with E-state index in [4.69, 9.17) is 4.74 Å². The molecular weight excluding hydrogens is 340 g/mol. The number of aryl methyl sites for hydroxylation is 3. The van der Waals surface area contributed by atoms with Gasteiger partial charge >= 0.3 is 0 Å². The molecule has 0 spiro atoms. The minimum absolute atomic E-state index is 0.651. The molecule has 0 N–H and O–H groups in total. The summed E-state index contributed by atoms with van der Waals surface area (Å²) < 4.78 is 5.41. The first-order chi connectivity index (χ1) is 11.5. The van der Waals surface area contributed by atoms with Crippen LogP contribution in [0.1, 0.15) is 32.2 Å². The third-order valence-electron chi connectivity index (χ3n) is 3.91. The second-order valence-electron chi connectivity index (χ2n) is 5.52. The summed E-state index contributed by atoms with van der Waals surface area (Å²) in [6, 6.07) is 5.47. The fourth-order valence-electron chi connectivity index (χ4n) is 2.55. The maximum Gasteiger partial charge on any atom is 0.150 e. The number of carbonyl (C=O) groups excluding carboxylic acids is 1. The molecule has 24 heavy (non-hydrogen) atoms. The second kappa shape index (κ2) is 6.91. The van der Waals surface area contributed by atoms with Crippen LogP contribution in [0.15, 0.2) is 23.2 Å². The van der Waals surface area contributed by atoms with Gasteiger partial charge in [-0.1, -0.05) is 0 Å². The highest BCUT2D eigenvalue weighted by Gasteiger charge is 2.15. The smallest absolute Gasteiger partial charge is 0.150 e. The summed E-state index contributed by atoms with van der Waals surface area (Å²) >= 11 is 3.36. The normalized spacial score (nSPS) is 11.0. The topological polar surface area (TPSA) is 52.1 Å². The number of ether oxygens (including phenoxy) is 1. The van der Waals surface area contributed by atoms with Crippen LogP contribution in [-0.2, 0) is 5.75 Å². The van der Waals surface area contributed by atoms with Gasteiger partial charge in [-0.15, -0.1) is 23.1 Å². The number of methoxy groups -OCH3 is 1. The number of carbonyl (C=O) groups is 1. The number of thioether (sulfide) groups is 1. The third-order valence-corrected chi connectivity index (χ3v) is 6.04. The van der Waals surface area contributed by atoms with Gasteiger partial charge in [0.05, 0.1) is 7.11 Å². The molecule has 124 valence electrons. The maximum atomic E-state index is 11.0. The van der Waals surface area contributed by atoms with Crippen LogP contribution in [0, 0.1) is 20.8 Å². The van der Waals surface area contributed by atoms with Gasteiger partial charge in [0.25, 0.3) is 0 Å². The Balaban J connectivity index is 1.98. The monoisotopic (exact) mass is 358 g/mol. The van der Waals surface area contributed by atoms with E-state index in [0.29, 0.717) is 11.3 Å². The lowest BCUT2D eigenvalue weighted by atomic mass is 10.1. The Labute approximate surface area is 149 Å². The number of hydrogen-bond donors (Lipinski definition) is 0. The Hall–Kier alpha value is -1.92. The largest absolute Gasteiger partial charge is 0.496 e. The van der Waals surface area contributed by atoms with Crippen molar-refractivity contribution in [2.75, 3.05) is 7.11 Å². The van der Waals surface area contributed by atoms with E-state index in [1.807, 2.05) is 19.1 Å². The average Bonchev–Trinajstić information content (AvgIpc) is 2.86. The van der Waals surface area contributed by atoms with Crippen molar-refractivity contribution in [1.82, 2.24) is 9.97 Å². The van der Waals surface area contributed by atoms with Crippen LogP contribution in [-0.4, -0.2) is 23.4 Å². The van der Waals surface area contributed by atoms with Crippen LogP contribution in [0.2, 0.25) is 0 Å². The standard InChI is InChI=1S/C18H18N2O2S2/c1-10-11(2)24-18-16(10)17(19-12(3)20-18)23-9-14-7-13(8-21)5-6-15(14)22-4/h5-8H,9H2,1-4H3. The zero-order valence-electron chi connectivity index (χ0n) is 14.0. The summed E-state index contributed by atoms with van der Waals surface area (Å²) in [4.78, 5) is 22.5. The van der Waals surface area contributed by atoms with Gasteiger partial charge in [0.2, 0.25) is 0 Å². The first-order valence-electron chi connectivity index (χ1n) is 7.52. The molecule has 4 nitrogen and oxygen atoms in total. The van der Waals surface area contributed by atoms with E-state index >= 15 is 0 Å². The van der Waals surface area contributed by atoms with Crippen molar-refractivity contribution in [3.05, 3.63) is 45.6 Å². The summed E-state index contributed by atoms with van der Waals surface area (Å²) in [5.41, 5.74) is 2.88. The molecule has 0 unspecified atom stereocenters. The average molecular weight is 358 g/mol. The van der Waals surface area contributed by atoms with Gasteiger partial charge in [-0.2, -0.15) is 0 Å². The van der Waals surface area contributed by atoms with Gasteiger partial charge in [-0.3, -0.25) is 4.79 Å². The Morgan fingerprint density at radius 1 is 1.25 bits per heavy atom. The van der Waals surface area contributed by atoms with Gasteiger partial charge in [0.1, 0.15) is 27.7 Å². The number of thiophene rings is 1. The lowest BCUT2D eigenvalue weighted by molar-refractivity contribution is 0.112. The number of aromatic nitrogens is 2. The van der Waals surface area contributed by atoms with E-state index in [0.717, 1.165) is 38.7 Å². The van der Waals surface area contributed by atoms with Crippen molar-refractivity contribution < 1.29 is 9.53 Å². The number of aldehydes is 1. The van der Waals surface area contributed by atoms with Gasteiger partial charge in [0, 0.05) is 27.1 Å². The summed E-state index contributed by atoms with van der Waals surface area (Å²) in [5.74, 6) is 2.25. The van der Waals surface area contributed by atoms with Gasteiger partial charge < -0.3 is 4.74 Å². The molecular formula is C18H18N2O2S2. The molecule has 0 amide bonds. The quantitative estimate of drug-likeness (QED) is 0.375. The number of benzene rings is 1. The van der Waals surface area contributed by atoms with Crippen LogP contribution >= 0.6 is 23.1 Å². The fourth-order valence-corrected chi connectivity index (χ4v) is 4.80. The highest BCUT2D eigenvalue weighted by Crippen LogP contribution is 2.37. The molecule has 2 heterocycles. The Morgan fingerprint density at radius 2 is 2.04 bits per heavy atom. The Kier molecular flexibility index (Phi) is 4.87. The molecule has 3 aromatic rings. The van der Waals surface area contributed by atoms with E-state index in [2.05, 4.69) is 23.8 Å². The molecule has 1 aromatic carbocycles. The third kappa shape index (κ3) is 3.16. The summed E-state index contributed by atoms with van der Waals surface area (Å²) in [6.45, 7) is 6.15. The fraction of sp³-hybridized carbons (Fsp3) is 0.278. The first-order valence-corrected chi connectivity index (χ1v) is 9.33. The maximum absolute atomic E-state index is 11.0. The van der Waals surface area contributed by atoms with Crippen molar-refractivity contribution in [2.24, 2.45) is 0 Å². The first kappa shape index (κ1) is 16.9. The van der Waals surface area contributed by atoms with Crippen LogP contribution in [0.3, 0.4) is 0 Å². The van der Waals surface area contributed by atoms with Crippen molar-refractivity contribution in [2.45, 2.75) is 31.6 Å². The molecule has 0 saturated heterocycles. The van der Waals surface area contributed by atoms with E-state index < -0.39 is 0 Å². The van der Waals surface area contributed by atoms with Gasteiger partial charge in [0.15, 0.2) is 0 Å². The lowest BCUT2D eigenvalue weighted by Crippen LogP contribution is -1.95. The number of hydrogen-bond acceptors (Lipinski definition) is 6. The van der Waals surface area contributed by atoms with Crippen LogP contribution in [0.4, 0.5) is 0 Å². The highest BCUT2D eigenvalue weighted by atomic mass is 32.2. The molecule has 0 atom stereocenters. The zero-order valence-corrected chi connectivity index (χ0v) is 15.7. The van der Waals surface area contributed by atoms with Crippen molar-refractivity contribution in [3.63, 3.8) is 0 Å². The minimum Gasteiger partial charge on any atom is -0.496 e. The van der Waals surface area contributed by atoms with Gasteiger partial charge in [-0.25, -0.2) is 9.97 Å². The molecule has 0 bridgehead atoms. The van der Waals surface area contributed by atoms with Crippen molar-refractivity contribution in [1.29, 1.82) is 0 Å². The summed E-state index contributed by atoms with van der Waals surface area (Å²) in [5, 5.41) is 2.12. The molecule has 0 radical (unpaired) electrons. The van der Waals surface area contributed by atoms with Crippen LogP contribution < -0.4 is 4.74 Å². The minimum atomic E-state index is 0.651. The van der Waals surface area contributed by atoms with Gasteiger partial charge in [-0.05, 0) is 44.5 Å². The highest BCUT2D eigenvalue weighted by molar-refractivity contribution is 7.98. The zero-order chi connectivity index (χ0) is 17.3. The Bertz CT molecular complexity index is 919. The number of nitrogens with zero attached hydrogens (tertiary/aromatic N) is 2. The SMILES string of the molecule is COc1ccc(C=O)cc1CSc1nc(C)nc2sc(C)c(C)c12. The predicted octanol–water partition coefficient (Wildman–Crippen LogP) is 4.73. The molecule has 2 aromatic heterocycles. The van der Waals surface area contributed by atoms with E-state index in [-0.39, 0.29) is 0 Å². The number of rotatable bonds is 5. The van der Waals surface area contributed by atoms with Crippen LogP contribution in [0.25, 0.3) is 10.2 Å². The van der Waals surface area contributed by atoms with Crippen molar-refractivity contribution in [3.8, 4) is 5.75 Å². The molecule has 0 aliphatic heterocycles. The van der Waals surface area contributed by atoms with E-state index in [1.165, 1.54) is 10.4 Å². The molecule has 0 aliphatic rings. The lowest BCUT2D eigenvalue weighted by Gasteiger charge is -2.10.